The Kier molecular flexibility index (Phi) is 3.77. The van der Waals surface area contributed by atoms with Crippen LogP contribution in [0.4, 0.5) is 0 Å². The molecule has 0 radical (unpaired) electrons. The van der Waals surface area contributed by atoms with Gasteiger partial charge < -0.3 is 0 Å². The molecule has 94 valence electrons. The van der Waals surface area contributed by atoms with E-state index in [1.165, 1.54) is 0 Å². The zero-order chi connectivity index (χ0) is 13.8. The summed E-state index contributed by atoms with van der Waals surface area (Å²) >= 11 is 0. The lowest BCUT2D eigenvalue weighted by molar-refractivity contribution is 0.0979. The standard InChI is InChI=1S/C17H15NO/c1-12-5-3-7-14(9-12)16(11-18)17(19)15-8-4-6-13(2)10-15/h3-10,16H,1-2H3. The maximum atomic E-state index is 12.4. The molecule has 1 atom stereocenters. The molecule has 2 nitrogen and oxygen atoms in total. The average Bonchev–Trinajstić information content (AvgIpc) is 2.39. The first-order valence-electron chi connectivity index (χ1n) is 6.19. The van der Waals surface area contributed by atoms with E-state index < -0.39 is 5.92 Å². The number of Topliss-reactive ketones (excluding diaryl/α,β-unsaturated/α-hetero) is 1. The van der Waals surface area contributed by atoms with Crippen molar-refractivity contribution in [1.82, 2.24) is 0 Å². The molecule has 0 aliphatic carbocycles. The van der Waals surface area contributed by atoms with Crippen molar-refractivity contribution in [3.8, 4) is 6.07 Å². The number of ketones is 1. The third-order valence-corrected chi connectivity index (χ3v) is 3.07. The van der Waals surface area contributed by atoms with E-state index in [1.54, 1.807) is 6.07 Å². The number of carbonyl (C=O) groups excluding carboxylic acids is 1. The maximum absolute atomic E-state index is 12.4. The summed E-state index contributed by atoms with van der Waals surface area (Å²) in [7, 11) is 0. The van der Waals surface area contributed by atoms with Crippen molar-refractivity contribution >= 4 is 5.78 Å². The Morgan fingerprint density at radius 2 is 1.68 bits per heavy atom. The summed E-state index contributed by atoms with van der Waals surface area (Å²) < 4.78 is 0. The van der Waals surface area contributed by atoms with Gasteiger partial charge in [-0.1, -0.05) is 53.6 Å². The number of rotatable bonds is 3. The van der Waals surface area contributed by atoms with Crippen LogP contribution in [-0.4, -0.2) is 5.78 Å². The van der Waals surface area contributed by atoms with Crippen LogP contribution < -0.4 is 0 Å². The molecule has 0 spiro atoms. The molecule has 1 unspecified atom stereocenters. The quantitative estimate of drug-likeness (QED) is 0.776. The summed E-state index contributed by atoms with van der Waals surface area (Å²) in [4.78, 5) is 12.4. The van der Waals surface area contributed by atoms with Crippen molar-refractivity contribution in [3.05, 3.63) is 70.8 Å². The van der Waals surface area contributed by atoms with Crippen LogP contribution in [0.1, 0.15) is 33.0 Å². The molecule has 0 heterocycles. The van der Waals surface area contributed by atoms with Gasteiger partial charge in [0.1, 0.15) is 5.92 Å². The third kappa shape index (κ3) is 2.89. The second-order valence-corrected chi connectivity index (χ2v) is 4.71. The molecular weight excluding hydrogens is 234 g/mol. The molecule has 0 bridgehead atoms. The SMILES string of the molecule is Cc1cccc(C(=O)C(C#N)c2cccc(C)c2)c1. The van der Waals surface area contributed by atoms with Gasteiger partial charge in [0, 0.05) is 5.56 Å². The summed E-state index contributed by atoms with van der Waals surface area (Å²) in [5, 5.41) is 9.30. The Morgan fingerprint density at radius 1 is 1.05 bits per heavy atom. The summed E-state index contributed by atoms with van der Waals surface area (Å²) in [5.74, 6) is -0.876. The lowest BCUT2D eigenvalue weighted by atomic mass is 9.90. The molecule has 0 aliphatic heterocycles. The number of hydrogen-bond acceptors (Lipinski definition) is 2. The minimum absolute atomic E-state index is 0.142. The molecule has 2 rings (SSSR count). The van der Waals surface area contributed by atoms with E-state index >= 15 is 0 Å². The van der Waals surface area contributed by atoms with Crippen molar-refractivity contribution in [1.29, 1.82) is 5.26 Å². The molecular formula is C17H15NO. The van der Waals surface area contributed by atoms with Crippen molar-refractivity contribution < 1.29 is 4.79 Å². The molecule has 0 N–H and O–H groups in total. The lowest BCUT2D eigenvalue weighted by Gasteiger charge is -2.10. The van der Waals surface area contributed by atoms with E-state index in [2.05, 4.69) is 6.07 Å². The number of carbonyl (C=O) groups is 1. The Bertz CT molecular complexity index is 652. The Balaban J connectivity index is 2.38. The highest BCUT2D eigenvalue weighted by atomic mass is 16.1. The van der Waals surface area contributed by atoms with Gasteiger partial charge in [0.25, 0.3) is 0 Å². The van der Waals surface area contributed by atoms with Crippen LogP contribution in [0.3, 0.4) is 0 Å². The first-order chi connectivity index (χ1) is 9.11. The highest BCUT2D eigenvalue weighted by Crippen LogP contribution is 2.21. The first kappa shape index (κ1) is 13.0. The van der Waals surface area contributed by atoms with Crippen LogP contribution in [0.2, 0.25) is 0 Å². The number of aryl methyl sites for hydroxylation is 2. The number of benzene rings is 2. The molecule has 0 saturated carbocycles. The van der Waals surface area contributed by atoms with Gasteiger partial charge in [0.2, 0.25) is 0 Å². The molecule has 0 saturated heterocycles. The van der Waals surface area contributed by atoms with Gasteiger partial charge in [0.05, 0.1) is 6.07 Å². The predicted molar refractivity (Wildman–Crippen MR) is 75.0 cm³/mol. The lowest BCUT2D eigenvalue weighted by Crippen LogP contribution is -2.11. The third-order valence-electron chi connectivity index (χ3n) is 3.07. The molecule has 2 heteroatoms. The Morgan fingerprint density at radius 3 is 2.26 bits per heavy atom. The number of nitrogens with zero attached hydrogens (tertiary/aromatic N) is 1. The summed E-state index contributed by atoms with van der Waals surface area (Å²) in [5.41, 5.74) is 3.42. The van der Waals surface area contributed by atoms with Crippen LogP contribution >= 0.6 is 0 Å². The highest BCUT2D eigenvalue weighted by Gasteiger charge is 2.21. The average molecular weight is 249 g/mol. The van der Waals surface area contributed by atoms with Crippen molar-refractivity contribution in [2.75, 3.05) is 0 Å². The second-order valence-electron chi connectivity index (χ2n) is 4.71. The van der Waals surface area contributed by atoms with Crippen LogP contribution in [0, 0.1) is 25.2 Å². The van der Waals surface area contributed by atoms with E-state index in [1.807, 2.05) is 56.3 Å². The van der Waals surface area contributed by atoms with Crippen molar-refractivity contribution in [2.45, 2.75) is 19.8 Å². The summed E-state index contributed by atoms with van der Waals surface area (Å²) in [6.07, 6.45) is 0. The zero-order valence-corrected chi connectivity index (χ0v) is 11.1. The van der Waals surface area contributed by atoms with Gasteiger partial charge in [-0.25, -0.2) is 0 Å². The second kappa shape index (κ2) is 5.49. The topological polar surface area (TPSA) is 40.9 Å². The molecule has 2 aromatic rings. The fraction of sp³-hybridized carbons (Fsp3) is 0.176. The summed E-state index contributed by atoms with van der Waals surface area (Å²) in [6.45, 7) is 3.89. The van der Waals surface area contributed by atoms with Crippen molar-refractivity contribution in [3.63, 3.8) is 0 Å². The molecule has 0 amide bonds. The van der Waals surface area contributed by atoms with Gasteiger partial charge in [-0.3, -0.25) is 4.79 Å². The molecule has 0 fully saturated rings. The summed E-state index contributed by atoms with van der Waals surface area (Å²) in [6, 6.07) is 17.0. The molecule has 19 heavy (non-hydrogen) atoms. The number of nitriles is 1. The normalized spacial score (nSPS) is 11.6. The Labute approximate surface area is 113 Å². The van der Waals surface area contributed by atoms with Crippen LogP contribution in [0.25, 0.3) is 0 Å². The first-order valence-corrected chi connectivity index (χ1v) is 6.19. The van der Waals surface area contributed by atoms with Gasteiger partial charge >= 0.3 is 0 Å². The Hall–Kier alpha value is -2.40. The van der Waals surface area contributed by atoms with Gasteiger partial charge in [0.15, 0.2) is 5.78 Å². The van der Waals surface area contributed by atoms with E-state index in [9.17, 15) is 10.1 Å². The fourth-order valence-electron chi connectivity index (χ4n) is 2.10. The van der Waals surface area contributed by atoms with E-state index in [-0.39, 0.29) is 5.78 Å². The van der Waals surface area contributed by atoms with Crippen LogP contribution in [-0.2, 0) is 0 Å². The largest absolute Gasteiger partial charge is 0.292 e. The molecule has 0 aliphatic rings. The van der Waals surface area contributed by atoms with E-state index in [0.29, 0.717) is 5.56 Å². The van der Waals surface area contributed by atoms with Gasteiger partial charge in [-0.05, 0) is 25.5 Å². The minimum atomic E-state index is -0.735. The zero-order valence-electron chi connectivity index (χ0n) is 11.1. The number of hydrogen-bond donors (Lipinski definition) is 0. The fourth-order valence-corrected chi connectivity index (χ4v) is 2.10. The smallest absolute Gasteiger partial charge is 0.184 e. The predicted octanol–water partition coefficient (Wildman–Crippen LogP) is 3.79. The van der Waals surface area contributed by atoms with Crippen LogP contribution in [0.5, 0.6) is 0 Å². The monoisotopic (exact) mass is 249 g/mol. The maximum Gasteiger partial charge on any atom is 0.184 e. The van der Waals surface area contributed by atoms with E-state index in [0.717, 1.165) is 16.7 Å². The van der Waals surface area contributed by atoms with Gasteiger partial charge in [-0.15, -0.1) is 0 Å². The molecule has 0 aromatic heterocycles. The van der Waals surface area contributed by atoms with Gasteiger partial charge in [-0.2, -0.15) is 5.26 Å². The highest BCUT2D eigenvalue weighted by molar-refractivity contribution is 6.02. The molecule has 2 aromatic carbocycles. The van der Waals surface area contributed by atoms with Crippen LogP contribution in [0.15, 0.2) is 48.5 Å². The van der Waals surface area contributed by atoms with E-state index in [4.69, 9.17) is 0 Å². The minimum Gasteiger partial charge on any atom is -0.292 e. The van der Waals surface area contributed by atoms with Crippen molar-refractivity contribution in [2.24, 2.45) is 0 Å².